The van der Waals surface area contributed by atoms with Crippen LogP contribution >= 0.6 is 11.8 Å². The van der Waals surface area contributed by atoms with E-state index in [4.69, 9.17) is 6.42 Å². The number of thioether (sulfide) groups is 1. The Morgan fingerprint density at radius 1 is 1.29 bits per heavy atom. The first-order valence-electron chi connectivity index (χ1n) is 5.23. The molecule has 5 heteroatoms. The molecule has 0 bridgehead atoms. The van der Waals surface area contributed by atoms with Crippen LogP contribution in [0.1, 0.15) is 0 Å². The number of anilines is 1. The van der Waals surface area contributed by atoms with Crippen LogP contribution in [0.15, 0.2) is 24.5 Å². The van der Waals surface area contributed by atoms with Crippen molar-refractivity contribution in [1.82, 2.24) is 15.0 Å². The molecule has 0 unspecified atom stereocenters. The molecule has 0 spiro atoms. The van der Waals surface area contributed by atoms with Crippen LogP contribution in [-0.2, 0) is 0 Å². The molecule has 2 heterocycles. The van der Waals surface area contributed by atoms with Crippen LogP contribution < -0.4 is 5.32 Å². The molecule has 0 radical (unpaired) electrons. The molecule has 0 aliphatic carbocycles. The quantitative estimate of drug-likeness (QED) is 0.642. The van der Waals surface area contributed by atoms with Gasteiger partial charge in [-0.3, -0.25) is 4.98 Å². The zero-order valence-electron chi connectivity index (χ0n) is 9.26. The summed E-state index contributed by atoms with van der Waals surface area (Å²) >= 11 is 1.72. The smallest absolute Gasteiger partial charge is 0.180 e. The van der Waals surface area contributed by atoms with Crippen LogP contribution in [-0.4, -0.2) is 33.0 Å². The minimum atomic E-state index is 0.661. The second-order valence-electron chi connectivity index (χ2n) is 3.28. The maximum Gasteiger partial charge on any atom is 0.180 e. The minimum Gasteiger partial charge on any atom is -0.369 e. The van der Waals surface area contributed by atoms with E-state index < -0.39 is 0 Å². The number of nitrogens with one attached hydrogen (secondary N) is 1. The summed E-state index contributed by atoms with van der Waals surface area (Å²) in [7, 11) is 0. The number of hydrogen-bond acceptors (Lipinski definition) is 5. The van der Waals surface area contributed by atoms with Gasteiger partial charge in [-0.15, -0.1) is 18.2 Å². The number of nitrogens with zero attached hydrogens (tertiary/aromatic N) is 3. The zero-order valence-corrected chi connectivity index (χ0v) is 10.1. The fraction of sp³-hybridized carbons (Fsp3) is 0.250. The molecule has 0 aromatic carbocycles. The number of pyridine rings is 1. The molecule has 0 aliphatic heterocycles. The van der Waals surface area contributed by atoms with E-state index in [9.17, 15) is 0 Å². The number of aromatic nitrogens is 3. The Morgan fingerprint density at radius 3 is 3.06 bits per heavy atom. The SMILES string of the molecule is C#CCSCCNc1ccc2nccnc2n1. The molecule has 0 amide bonds. The van der Waals surface area contributed by atoms with E-state index in [0.29, 0.717) is 5.65 Å². The van der Waals surface area contributed by atoms with E-state index in [1.807, 2.05) is 12.1 Å². The van der Waals surface area contributed by atoms with Gasteiger partial charge in [0.25, 0.3) is 0 Å². The number of rotatable bonds is 5. The maximum atomic E-state index is 5.17. The van der Waals surface area contributed by atoms with Gasteiger partial charge in [-0.2, -0.15) is 0 Å². The van der Waals surface area contributed by atoms with Gasteiger partial charge in [0.1, 0.15) is 11.3 Å². The molecule has 2 aromatic rings. The monoisotopic (exact) mass is 244 g/mol. The van der Waals surface area contributed by atoms with Crippen molar-refractivity contribution in [3.63, 3.8) is 0 Å². The molecular weight excluding hydrogens is 232 g/mol. The fourth-order valence-corrected chi connectivity index (χ4v) is 1.84. The second-order valence-corrected chi connectivity index (χ2v) is 4.38. The van der Waals surface area contributed by atoms with Crippen molar-refractivity contribution in [3.05, 3.63) is 24.5 Å². The van der Waals surface area contributed by atoms with Crippen molar-refractivity contribution >= 4 is 28.7 Å². The molecular formula is C12H12N4S. The average molecular weight is 244 g/mol. The molecule has 0 aliphatic rings. The highest BCUT2D eigenvalue weighted by Crippen LogP contribution is 2.10. The lowest BCUT2D eigenvalue weighted by atomic mass is 10.4. The van der Waals surface area contributed by atoms with Crippen LogP contribution in [0, 0.1) is 12.3 Å². The summed E-state index contributed by atoms with van der Waals surface area (Å²) in [5.74, 6) is 5.12. The number of terminal acetylenes is 1. The summed E-state index contributed by atoms with van der Waals surface area (Å²) in [6.45, 7) is 0.838. The second kappa shape index (κ2) is 6.06. The normalized spacial score (nSPS) is 10.1. The van der Waals surface area contributed by atoms with Gasteiger partial charge in [0.2, 0.25) is 0 Å². The van der Waals surface area contributed by atoms with Crippen LogP contribution in [0.4, 0.5) is 5.82 Å². The Bertz CT molecular complexity index is 535. The molecule has 86 valence electrons. The van der Waals surface area contributed by atoms with Crippen LogP contribution in [0.25, 0.3) is 11.2 Å². The average Bonchev–Trinajstić information content (AvgIpc) is 2.38. The van der Waals surface area contributed by atoms with E-state index >= 15 is 0 Å². The summed E-state index contributed by atoms with van der Waals surface area (Å²) in [6, 6.07) is 3.81. The standard InChI is InChI=1S/C12H12N4S/c1-2-8-17-9-7-14-11-4-3-10-12(16-11)15-6-5-13-10/h1,3-6H,7-9H2,(H,14,15,16). The van der Waals surface area contributed by atoms with Crippen molar-refractivity contribution in [1.29, 1.82) is 0 Å². The molecule has 0 fully saturated rings. The Morgan fingerprint density at radius 2 is 2.18 bits per heavy atom. The lowest BCUT2D eigenvalue weighted by molar-refractivity contribution is 1.16. The Balaban J connectivity index is 1.93. The minimum absolute atomic E-state index is 0.661. The van der Waals surface area contributed by atoms with Crippen LogP contribution in [0.3, 0.4) is 0 Å². The summed E-state index contributed by atoms with van der Waals surface area (Å²) in [4.78, 5) is 12.7. The summed E-state index contributed by atoms with van der Waals surface area (Å²) < 4.78 is 0. The van der Waals surface area contributed by atoms with Crippen molar-refractivity contribution in [2.24, 2.45) is 0 Å². The Labute approximate surface area is 104 Å². The molecule has 17 heavy (non-hydrogen) atoms. The number of fused-ring (bicyclic) bond motifs is 1. The molecule has 0 saturated heterocycles. The Hall–Kier alpha value is -1.80. The molecule has 2 aromatic heterocycles. The highest BCUT2D eigenvalue weighted by atomic mass is 32.2. The van der Waals surface area contributed by atoms with Gasteiger partial charge in [0, 0.05) is 24.7 Å². The van der Waals surface area contributed by atoms with Gasteiger partial charge < -0.3 is 5.32 Å². The van der Waals surface area contributed by atoms with E-state index in [1.54, 1.807) is 24.2 Å². The van der Waals surface area contributed by atoms with Gasteiger partial charge in [0.05, 0.1) is 5.75 Å². The van der Waals surface area contributed by atoms with Gasteiger partial charge in [-0.05, 0) is 12.1 Å². The first-order valence-corrected chi connectivity index (χ1v) is 6.38. The summed E-state index contributed by atoms with van der Waals surface area (Å²) in [6.07, 6.45) is 8.47. The predicted octanol–water partition coefficient (Wildman–Crippen LogP) is 1.80. The molecule has 1 N–H and O–H groups in total. The highest BCUT2D eigenvalue weighted by molar-refractivity contribution is 7.99. The predicted molar refractivity (Wildman–Crippen MR) is 72.0 cm³/mol. The topological polar surface area (TPSA) is 50.7 Å². The van der Waals surface area contributed by atoms with Crippen LogP contribution in [0.2, 0.25) is 0 Å². The maximum absolute atomic E-state index is 5.17. The lowest BCUT2D eigenvalue weighted by Gasteiger charge is -2.04. The van der Waals surface area contributed by atoms with Gasteiger partial charge >= 0.3 is 0 Å². The van der Waals surface area contributed by atoms with Crippen LogP contribution in [0.5, 0.6) is 0 Å². The van der Waals surface area contributed by atoms with Crippen molar-refractivity contribution < 1.29 is 0 Å². The first-order chi connectivity index (χ1) is 8.40. The summed E-state index contributed by atoms with van der Waals surface area (Å²) in [5.41, 5.74) is 1.47. The van der Waals surface area contributed by atoms with Crippen molar-refractivity contribution in [3.8, 4) is 12.3 Å². The first kappa shape index (κ1) is 11.7. The largest absolute Gasteiger partial charge is 0.369 e. The zero-order chi connectivity index (χ0) is 11.9. The molecule has 0 saturated carbocycles. The van der Waals surface area contributed by atoms with Gasteiger partial charge in [-0.1, -0.05) is 5.92 Å². The number of hydrogen-bond donors (Lipinski definition) is 1. The van der Waals surface area contributed by atoms with Crippen molar-refractivity contribution in [2.45, 2.75) is 0 Å². The highest BCUT2D eigenvalue weighted by Gasteiger charge is 1.98. The van der Waals surface area contributed by atoms with Crippen molar-refractivity contribution in [2.75, 3.05) is 23.4 Å². The van der Waals surface area contributed by atoms with Gasteiger partial charge in [-0.25, -0.2) is 9.97 Å². The third kappa shape index (κ3) is 3.33. The third-order valence-corrected chi connectivity index (χ3v) is 2.93. The van der Waals surface area contributed by atoms with Gasteiger partial charge in [0.15, 0.2) is 5.65 Å². The van der Waals surface area contributed by atoms with E-state index in [-0.39, 0.29) is 0 Å². The third-order valence-electron chi connectivity index (χ3n) is 2.07. The summed E-state index contributed by atoms with van der Waals surface area (Å²) in [5, 5.41) is 3.23. The van der Waals surface area contributed by atoms with E-state index in [0.717, 1.165) is 29.4 Å². The molecule has 4 nitrogen and oxygen atoms in total. The molecule has 0 atom stereocenters. The van der Waals surface area contributed by atoms with E-state index in [1.165, 1.54) is 0 Å². The van der Waals surface area contributed by atoms with E-state index in [2.05, 4.69) is 26.2 Å². The fourth-order valence-electron chi connectivity index (χ4n) is 1.34. The Kier molecular flexibility index (Phi) is 4.17. The lowest BCUT2D eigenvalue weighted by Crippen LogP contribution is -2.06. The molecule has 2 rings (SSSR count).